The summed E-state index contributed by atoms with van der Waals surface area (Å²) in [6, 6.07) is 10.5. The van der Waals surface area contributed by atoms with Crippen molar-refractivity contribution in [3.8, 4) is 0 Å². The number of hydrogen-bond acceptors (Lipinski definition) is 4. The van der Waals surface area contributed by atoms with Gasteiger partial charge in [-0.05, 0) is 36.6 Å². The van der Waals surface area contributed by atoms with Crippen LogP contribution in [-0.4, -0.2) is 35.0 Å². The Morgan fingerprint density at radius 2 is 2.00 bits per heavy atom. The van der Waals surface area contributed by atoms with Gasteiger partial charge in [-0.2, -0.15) is 0 Å². The van der Waals surface area contributed by atoms with Crippen LogP contribution < -0.4 is 5.32 Å². The third-order valence-electron chi connectivity index (χ3n) is 5.00. The fraction of sp³-hybridized carbons (Fsp3) is 0.478. The minimum absolute atomic E-state index is 0.0679. The minimum Gasteiger partial charge on any atom is -0.377 e. The number of nitrogens with zero attached hydrogens (tertiary/aromatic N) is 2. The Kier molecular flexibility index (Phi) is 6.98. The Morgan fingerprint density at radius 1 is 1.24 bits per heavy atom. The van der Waals surface area contributed by atoms with Crippen LogP contribution in [0, 0.1) is 11.2 Å². The third kappa shape index (κ3) is 6.34. The molecule has 1 aromatic heterocycles. The van der Waals surface area contributed by atoms with E-state index in [9.17, 15) is 9.18 Å². The van der Waals surface area contributed by atoms with Crippen molar-refractivity contribution in [1.29, 1.82) is 0 Å². The number of amides is 1. The summed E-state index contributed by atoms with van der Waals surface area (Å²) in [5.41, 5.74) is 1.49. The molecule has 3 rings (SSSR count). The predicted octanol–water partition coefficient (Wildman–Crippen LogP) is 4.39. The first-order chi connectivity index (χ1) is 13.8. The normalized spacial score (nSPS) is 16.9. The predicted molar refractivity (Wildman–Crippen MR) is 112 cm³/mol. The molecular formula is C23H30FN3O2. The fourth-order valence-corrected chi connectivity index (χ4v) is 3.32. The van der Waals surface area contributed by atoms with Gasteiger partial charge in [-0.15, -0.1) is 0 Å². The van der Waals surface area contributed by atoms with Crippen molar-refractivity contribution in [3.63, 3.8) is 0 Å². The van der Waals surface area contributed by atoms with Crippen molar-refractivity contribution in [3.05, 3.63) is 59.5 Å². The van der Waals surface area contributed by atoms with Crippen LogP contribution >= 0.6 is 0 Å². The average Bonchev–Trinajstić information content (AvgIpc) is 3.17. The van der Waals surface area contributed by atoms with Gasteiger partial charge in [0.1, 0.15) is 11.6 Å². The van der Waals surface area contributed by atoms with Gasteiger partial charge in [-0.3, -0.25) is 9.69 Å². The molecule has 156 valence electrons. The number of halogens is 1. The number of pyridine rings is 1. The summed E-state index contributed by atoms with van der Waals surface area (Å²) in [4.78, 5) is 19.1. The summed E-state index contributed by atoms with van der Waals surface area (Å²) in [5.74, 6) is 0.282. The molecule has 0 unspecified atom stereocenters. The lowest BCUT2D eigenvalue weighted by Gasteiger charge is -2.26. The lowest BCUT2D eigenvalue weighted by Crippen LogP contribution is -2.33. The zero-order chi connectivity index (χ0) is 20.9. The summed E-state index contributed by atoms with van der Waals surface area (Å²) in [6.45, 7) is 8.50. The lowest BCUT2D eigenvalue weighted by molar-refractivity contribution is -0.123. The molecule has 1 aliphatic rings. The summed E-state index contributed by atoms with van der Waals surface area (Å²) in [6.07, 6.45) is 4.00. The molecule has 1 amide bonds. The van der Waals surface area contributed by atoms with Crippen molar-refractivity contribution >= 4 is 11.7 Å². The van der Waals surface area contributed by atoms with Crippen LogP contribution in [0.15, 0.2) is 42.6 Å². The van der Waals surface area contributed by atoms with Gasteiger partial charge in [0.05, 0.1) is 6.10 Å². The second-order valence-electron chi connectivity index (χ2n) is 8.65. The van der Waals surface area contributed by atoms with Crippen LogP contribution in [0.1, 0.15) is 44.7 Å². The Bertz CT molecular complexity index is 812. The first-order valence-electron chi connectivity index (χ1n) is 10.1. The molecular weight excluding hydrogens is 369 g/mol. The summed E-state index contributed by atoms with van der Waals surface area (Å²) >= 11 is 0. The van der Waals surface area contributed by atoms with E-state index in [2.05, 4.69) is 15.2 Å². The van der Waals surface area contributed by atoms with Crippen LogP contribution in [0.4, 0.5) is 10.2 Å². The van der Waals surface area contributed by atoms with Gasteiger partial charge in [-0.1, -0.05) is 39.0 Å². The van der Waals surface area contributed by atoms with E-state index in [-0.39, 0.29) is 17.8 Å². The zero-order valence-corrected chi connectivity index (χ0v) is 17.5. The van der Waals surface area contributed by atoms with E-state index >= 15 is 0 Å². The number of ether oxygens (including phenoxy) is 1. The SMILES string of the molecule is CC(C)(C)C(=O)Nc1ncccc1CN(Cc1ccc(F)cc1)C[C@H]1CCCO1. The molecule has 1 aliphatic heterocycles. The lowest BCUT2D eigenvalue weighted by atomic mass is 9.95. The standard InChI is InChI=1S/C23H30FN3O2/c1-23(2,3)22(28)26-21-18(6-4-12-25-21)15-27(16-20-7-5-13-29-20)14-17-8-10-19(24)11-9-17/h4,6,8-12,20H,5,7,13-16H2,1-3H3,(H,25,26,28)/t20-/m1/s1. The Morgan fingerprint density at radius 3 is 2.66 bits per heavy atom. The molecule has 0 spiro atoms. The van der Waals surface area contributed by atoms with Gasteiger partial charge >= 0.3 is 0 Å². The molecule has 0 radical (unpaired) electrons. The van der Waals surface area contributed by atoms with Gasteiger partial charge < -0.3 is 10.1 Å². The number of carbonyl (C=O) groups excluding carboxylic acids is 1. The molecule has 2 aromatic rings. The van der Waals surface area contributed by atoms with E-state index in [4.69, 9.17) is 4.74 Å². The molecule has 1 atom stereocenters. The van der Waals surface area contributed by atoms with E-state index < -0.39 is 5.41 Å². The first-order valence-corrected chi connectivity index (χ1v) is 10.1. The number of hydrogen-bond donors (Lipinski definition) is 1. The van der Waals surface area contributed by atoms with E-state index in [1.807, 2.05) is 45.0 Å². The van der Waals surface area contributed by atoms with E-state index in [0.29, 0.717) is 18.9 Å². The monoisotopic (exact) mass is 399 g/mol. The van der Waals surface area contributed by atoms with E-state index in [1.165, 1.54) is 12.1 Å². The third-order valence-corrected chi connectivity index (χ3v) is 5.00. The second-order valence-corrected chi connectivity index (χ2v) is 8.65. The largest absolute Gasteiger partial charge is 0.377 e. The first kappa shape index (κ1) is 21.4. The quantitative estimate of drug-likeness (QED) is 0.750. The van der Waals surface area contributed by atoms with Crippen LogP contribution in [-0.2, 0) is 22.6 Å². The van der Waals surface area contributed by atoms with Crippen LogP contribution in [0.3, 0.4) is 0 Å². The molecule has 5 nitrogen and oxygen atoms in total. The molecule has 2 heterocycles. The highest BCUT2D eigenvalue weighted by Gasteiger charge is 2.24. The smallest absolute Gasteiger partial charge is 0.230 e. The number of nitrogens with one attached hydrogen (secondary N) is 1. The molecule has 0 saturated carbocycles. The van der Waals surface area contributed by atoms with Crippen molar-refractivity contribution in [1.82, 2.24) is 9.88 Å². The highest BCUT2D eigenvalue weighted by Crippen LogP contribution is 2.22. The Balaban J connectivity index is 1.77. The summed E-state index contributed by atoms with van der Waals surface area (Å²) in [5, 5.41) is 2.96. The Labute approximate surface area is 172 Å². The van der Waals surface area contributed by atoms with Crippen LogP contribution in [0.25, 0.3) is 0 Å². The molecule has 6 heteroatoms. The van der Waals surface area contributed by atoms with Crippen LogP contribution in [0.2, 0.25) is 0 Å². The van der Waals surface area contributed by atoms with Gasteiger partial charge in [0.25, 0.3) is 0 Å². The minimum atomic E-state index is -0.500. The van der Waals surface area contributed by atoms with Crippen molar-refractivity contribution in [2.75, 3.05) is 18.5 Å². The molecule has 0 aliphatic carbocycles. The van der Waals surface area contributed by atoms with Gasteiger partial charge in [0, 0.05) is 43.4 Å². The highest BCUT2D eigenvalue weighted by molar-refractivity contribution is 5.94. The van der Waals surface area contributed by atoms with Gasteiger partial charge in [-0.25, -0.2) is 9.37 Å². The van der Waals surface area contributed by atoms with Crippen molar-refractivity contribution in [2.24, 2.45) is 5.41 Å². The molecule has 1 fully saturated rings. The topological polar surface area (TPSA) is 54.5 Å². The van der Waals surface area contributed by atoms with Crippen molar-refractivity contribution in [2.45, 2.75) is 52.8 Å². The molecule has 0 bridgehead atoms. The number of carbonyl (C=O) groups is 1. The number of rotatable bonds is 7. The maximum absolute atomic E-state index is 13.3. The van der Waals surface area contributed by atoms with Crippen molar-refractivity contribution < 1.29 is 13.9 Å². The number of anilines is 1. The fourth-order valence-electron chi connectivity index (χ4n) is 3.32. The van der Waals surface area contributed by atoms with Crippen LogP contribution in [0.5, 0.6) is 0 Å². The molecule has 1 aromatic carbocycles. The number of benzene rings is 1. The summed E-state index contributed by atoms with van der Waals surface area (Å²) in [7, 11) is 0. The average molecular weight is 400 g/mol. The van der Waals surface area contributed by atoms with Gasteiger partial charge in [0.15, 0.2) is 0 Å². The maximum atomic E-state index is 13.3. The van der Waals surface area contributed by atoms with E-state index in [0.717, 1.165) is 37.1 Å². The summed E-state index contributed by atoms with van der Waals surface area (Å²) < 4.78 is 19.1. The molecule has 29 heavy (non-hydrogen) atoms. The molecule has 1 saturated heterocycles. The second kappa shape index (κ2) is 9.46. The van der Waals surface area contributed by atoms with E-state index in [1.54, 1.807) is 6.20 Å². The number of aromatic nitrogens is 1. The maximum Gasteiger partial charge on any atom is 0.230 e. The van der Waals surface area contributed by atoms with Gasteiger partial charge in [0.2, 0.25) is 5.91 Å². The zero-order valence-electron chi connectivity index (χ0n) is 17.5. The Hall–Kier alpha value is -2.31. The highest BCUT2D eigenvalue weighted by atomic mass is 19.1. The molecule has 1 N–H and O–H groups in total.